The van der Waals surface area contributed by atoms with Gasteiger partial charge in [0.15, 0.2) is 0 Å². The molecule has 0 radical (unpaired) electrons. The van der Waals surface area contributed by atoms with Crippen LogP contribution in [0.5, 0.6) is 0 Å². The van der Waals surface area contributed by atoms with E-state index in [0.717, 1.165) is 44.3 Å². The summed E-state index contributed by atoms with van der Waals surface area (Å²) in [5.41, 5.74) is 1.56. The predicted octanol–water partition coefficient (Wildman–Crippen LogP) is 2.02. The van der Waals surface area contributed by atoms with Crippen molar-refractivity contribution in [3.8, 4) is 0 Å². The molecule has 1 aliphatic heterocycles. The number of rotatable bonds is 5. The summed E-state index contributed by atoms with van der Waals surface area (Å²) in [6, 6.07) is 5.74. The van der Waals surface area contributed by atoms with Crippen molar-refractivity contribution in [1.29, 1.82) is 0 Å². The molecule has 2 heterocycles. The molecule has 0 N–H and O–H groups in total. The van der Waals surface area contributed by atoms with Crippen LogP contribution in [0.4, 0.5) is 0 Å². The highest BCUT2D eigenvalue weighted by Gasteiger charge is 2.23. The molecule has 0 unspecified atom stereocenters. The third-order valence-electron chi connectivity index (χ3n) is 3.60. The maximum Gasteiger partial charge on any atom is 0.272 e. The van der Waals surface area contributed by atoms with Crippen molar-refractivity contribution in [3.63, 3.8) is 0 Å². The van der Waals surface area contributed by atoms with Crippen LogP contribution in [-0.4, -0.2) is 46.9 Å². The average molecular weight is 261 g/mol. The first-order valence-electron chi connectivity index (χ1n) is 7.11. The third kappa shape index (κ3) is 3.32. The van der Waals surface area contributed by atoms with Crippen LogP contribution in [-0.2, 0) is 6.54 Å². The van der Waals surface area contributed by atoms with E-state index in [4.69, 9.17) is 0 Å². The molecule has 2 rings (SSSR count). The molecule has 1 fully saturated rings. The topological polar surface area (TPSA) is 36.4 Å². The van der Waals surface area contributed by atoms with Gasteiger partial charge in [-0.2, -0.15) is 0 Å². The van der Waals surface area contributed by atoms with Gasteiger partial charge in [0.1, 0.15) is 5.69 Å². The molecule has 0 bridgehead atoms. The summed E-state index contributed by atoms with van der Waals surface area (Å²) in [7, 11) is 0. The van der Waals surface area contributed by atoms with E-state index in [2.05, 4.69) is 16.8 Å². The number of aromatic nitrogens is 1. The first-order valence-corrected chi connectivity index (χ1v) is 7.11. The molecule has 1 aromatic rings. The van der Waals surface area contributed by atoms with Gasteiger partial charge >= 0.3 is 0 Å². The summed E-state index contributed by atoms with van der Waals surface area (Å²) < 4.78 is 0. The van der Waals surface area contributed by atoms with E-state index in [0.29, 0.717) is 5.69 Å². The van der Waals surface area contributed by atoms with Gasteiger partial charge in [0.25, 0.3) is 5.91 Å². The molecule has 0 saturated carbocycles. The Morgan fingerprint density at radius 2 is 2.05 bits per heavy atom. The Bertz CT molecular complexity index is 437. The second-order valence-electron chi connectivity index (χ2n) is 5.29. The van der Waals surface area contributed by atoms with Crippen molar-refractivity contribution in [2.75, 3.05) is 26.2 Å². The van der Waals surface area contributed by atoms with E-state index < -0.39 is 0 Å². The van der Waals surface area contributed by atoms with Crippen molar-refractivity contribution < 1.29 is 4.79 Å². The maximum absolute atomic E-state index is 12.2. The average Bonchev–Trinajstić information content (AvgIpc) is 2.38. The smallest absolute Gasteiger partial charge is 0.272 e. The molecule has 1 amide bonds. The lowest BCUT2D eigenvalue weighted by Gasteiger charge is -2.36. The third-order valence-corrected chi connectivity index (χ3v) is 3.60. The monoisotopic (exact) mass is 261 g/mol. The summed E-state index contributed by atoms with van der Waals surface area (Å²) in [5.74, 6) is 0.823. The molecule has 4 heteroatoms. The molecule has 0 aliphatic carbocycles. The fourth-order valence-electron chi connectivity index (χ4n) is 2.55. The first-order chi connectivity index (χ1) is 9.13. The number of carbonyl (C=O) groups is 1. The van der Waals surface area contributed by atoms with Gasteiger partial charge in [-0.3, -0.25) is 9.69 Å². The molecular formula is C15H23N3O. The zero-order chi connectivity index (χ0) is 13.8. The van der Waals surface area contributed by atoms with Crippen LogP contribution in [0.3, 0.4) is 0 Å². The Balaban J connectivity index is 2.04. The van der Waals surface area contributed by atoms with Crippen LogP contribution in [0.15, 0.2) is 18.2 Å². The number of hydrogen-bond donors (Lipinski definition) is 0. The molecule has 1 saturated heterocycles. The van der Waals surface area contributed by atoms with Gasteiger partial charge in [0, 0.05) is 32.7 Å². The molecule has 0 spiro atoms. The lowest BCUT2D eigenvalue weighted by atomic mass is 10.0. The largest absolute Gasteiger partial charge is 0.338 e. The number of hydrogen-bond acceptors (Lipinski definition) is 3. The van der Waals surface area contributed by atoms with Crippen LogP contribution in [0, 0.1) is 5.92 Å². The highest BCUT2D eigenvalue weighted by molar-refractivity contribution is 5.92. The van der Waals surface area contributed by atoms with Crippen LogP contribution in [0.1, 0.15) is 37.0 Å². The lowest BCUT2D eigenvalue weighted by molar-refractivity contribution is 0.0764. The van der Waals surface area contributed by atoms with E-state index in [-0.39, 0.29) is 5.91 Å². The van der Waals surface area contributed by atoms with Crippen LogP contribution in [0.2, 0.25) is 0 Å². The van der Waals surface area contributed by atoms with E-state index in [9.17, 15) is 4.79 Å². The van der Waals surface area contributed by atoms with Crippen LogP contribution >= 0.6 is 0 Å². The Hall–Kier alpha value is -1.42. The predicted molar refractivity (Wildman–Crippen MR) is 75.9 cm³/mol. The SMILES string of the molecule is CCN(CC)C(=O)c1cccc(CN2CC(C)C2)n1. The molecule has 1 aromatic heterocycles. The van der Waals surface area contributed by atoms with E-state index >= 15 is 0 Å². The zero-order valence-electron chi connectivity index (χ0n) is 12.1. The van der Waals surface area contributed by atoms with Crippen molar-refractivity contribution >= 4 is 5.91 Å². The summed E-state index contributed by atoms with van der Waals surface area (Å²) in [5, 5.41) is 0. The number of likely N-dealkylation sites (tertiary alicyclic amines) is 1. The highest BCUT2D eigenvalue weighted by atomic mass is 16.2. The van der Waals surface area contributed by atoms with E-state index in [1.165, 1.54) is 0 Å². The minimum Gasteiger partial charge on any atom is -0.338 e. The number of carbonyl (C=O) groups excluding carboxylic acids is 1. The van der Waals surface area contributed by atoms with Crippen molar-refractivity contribution in [1.82, 2.24) is 14.8 Å². The van der Waals surface area contributed by atoms with Gasteiger partial charge in [0.2, 0.25) is 0 Å². The van der Waals surface area contributed by atoms with Gasteiger partial charge < -0.3 is 4.90 Å². The van der Waals surface area contributed by atoms with Gasteiger partial charge in [-0.25, -0.2) is 4.98 Å². The molecular weight excluding hydrogens is 238 g/mol. The number of pyridine rings is 1. The maximum atomic E-state index is 12.2. The van der Waals surface area contributed by atoms with Crippen molar-refractivity contribution in [2.24, 2.45) is 5.92 Å². The molecule has 4 nitrogen and oxygen atoms in total. The summed E-state index contributed by atoms with van der Waals surface area (Å²) in [6.07, 6.45) is 0. The Kier molecular flexibility index (Phi) is 4.53. The fourth-order valence-corrected chi connectivity index (χ4v) is 2.55. The minimum atomic E-state index is 0.0313. The van der Waals surface area contributed by atoms with Crippen molar-refractivity contribution in [2.45, 2.75) is 27.3 Å². The second-order valence-corrected chi connectivity index (χ2v) is 5.29. The summed E-state index contributed by atoms with van der Waals surface area (Å²) in [4.78, 5) is 20.9. The summed E-state index contributed by atoms with van der Waals surface area (Å²) in [6.45, 7) is 10.8. The Morgan fingerprint density at radius 1 is 1.37 bits per heavy atom. The fraction of sp³-hybridized carbons (Fsp3) is 0.600. The van der Waals surface area contributed by atoms with E-state index in [1.54, 1.807) is 4.90 Å². The summed E-state index contributed by atoms with van der Waals surface area (Å²) >= 11 is 0. The van der Waals surface area contributed by atoms with Gasteiger partial charge in [0.05, 0.1) is 5.69 Å². The molecule has 0 aromatic carbocycles. The highest BCUT2D eigenvalue weighted by Crippen LogP contribution is 2.17. The Labute approximate surface area is 115 Å². The molecule has 19 heavy (non-hydrogen) atoms. The van der Waals surface area contributed by atoms with Crippen LogP contribution < -0.4 is 0 Å². The number of nitrogens with zero attached hydrogens (tertiary/aromatic N) is 3. The normalized spacial score (nSPS) is 16.2. The van der Waals surface area contributed by atoms with Crippen molar-refractivity contribution in [3.05, 3.63) is 29.6 Å². The second kappa shape index (κ2) is 6.15. The van der Waals surface area contributed by atoms with Gasteiger partial charge in [-0.05, 0) is 31.9 Å². The number of amides is 1. The molecule has 104 valence electrons. The molecule has 1 aliphatic rings. The van der Waals surface area contributed by atoms with Gasteiger partial charge in [-0.15, -0.1) is 0 Å². The Morgan fingerprint density at radius 3 is 2.63 bits per heavy atom. The quantitative estimate of drug-likeness (QED) is 0.813. The molecule has 0 atom stereocenters. The van der Waals surface area contributed by atoms with Crippen LogP contribution in [0.25, 0.3) is 0 Å². The lowest BCUT2D eigenvalue weighted by Crippen LogP contribution is -2.44. The first kappa shape index (κ1) is 14.0. The van der Waals surface area contributed by atoms with E-state index in [1.807, 2.05) is 32.0 Å². The standard InChI is InChI=1S/C15H23N3O/c1-4-18(5-2)15(19)14-8-6-7-13(16-14)11-17-9-12(3)10-17/h6-8,12H,4-5,9-11H2,1-3H3. The minimum absolute atomic E-state index is 0.0313. The van der Waals surface area contributed by atoms with Gasteiger partial charge in [-0.1, -0.05) is 13.0 Å². The zero-order valence-corrected chi connectivity index (χ0v) is 12.1.